The fourth-order valence-electron chi connectivity index (χ4n) is 3.76. The second-order valence-corrected chi connectivity index (χ2v) is 7.53. The highest BCUT2D eigenvalue weighted by Crippen LogP contribution is 2.44. The lowest BCUT2D eigenvalue weighted by atomic mass is 9.79. The van der Waals surface area contributed by atoms with E-state index in [0.717, 1.165) is 6.42 Å². The van der Waals surface area contributed by atoms with Crippen molar-refractivity contribution in [1.29, 1.82) is 0 Å². The summed E-state index contributed by atoms with van der Waals surface area (Å²) in [7, 11) is 0. The Morgan fingerprint density at radius 3 is 2.19 bits per heavy atom. The van der Waals surface area contributed by atoms with Gasteiger partial charge in [0, 0.05) is 12.0 Å². The lowest BCUT2D eigenvalue weighted by Gasteiger charge is -2.34. The van der Waals surface area contributed by atoms with Crippen LogP contribution in [0.2, 0.25) is 0 Å². The van der Waals surface area contributed by atoms with Gasteiger partial charge in [0.2, 0.25) is 0 Å². The number of carboxylic acid groups (broad SMARTS) is 1. The van der Waals surface area contributed by atoms with Gasteiger partial charge in [-0.2, -0.15) is 0 Å². The minimum atomic E-state index is -0.985. The quantitative estimate of drug-likeness (QED) is 0.743. The third kappa shape index (κ3) is 3.55. The summed E-state index contributed by atoms with van der Waals surface area (Å²) in [5.74, 6) is -2.97. The molecule has 2 aliphatic heterocycles. The first-order valence-corrected chi connectivity index (χ1v) is 7.40. The molecule has 120 valence electrons. The first-order valence-electron chi connectivity index (χ1n) is 7.40. The SMILES string of the molecule is CC(C)(N)CC(C)(C)OC(=O)C1C2CCC(O2)C1C(=O)O. The number of esters is 1. The van der Waals surface area contributed by atoms with Gasteiger partial charge in [-0.1, -0.05) is 0 Å². The average molecular weight is 299 g/mol. The second kappa shape index (κ2) is 5.25. The molecule has 4 atom stereocenters. The van der Waals surface area contributed by atoms with Gasteiger partial charge in [-0.15, -0.1) is 0 Å². The van der Waals surface area contributed by atoms with Gasteiger partial charge >= 0.3 is 11.9 Å². The fourth-order valence-corrected chi connectivity index (χ4v) is 3.76. The Morgan fingerprint density at radius 2 is 1.71 bits per heavy atom. The van der Waals surface area contributed by atoms with Crippen LogP contribution in [0.4, 0.5) is 0 Å². The monoisotopic (exact) mass is 299 g/mol. The van der Waals surface area contributed by atoms with E-state index in [1.54, 1.807) is 13.8 Å². The predicted molar refractivity (Wildman–Crippen MR) is 75.6 cm³/mol. The zero-order valence-electron chi connectivity index (χ0n) is 13.1. The van der Waals surface area contributed by atoms with Crippen molar-refractivity contribution < 1.29 is 24.2 Å². The number of hydrogen-bond donors (Lipinski definition) is 2. The number of hydrogen-bond acceptors (Lipinski definition) is 5. The summed E-state index contributed by atoms with van der Waals surface area (Å²) >= 11 is 0. The van der Waals surface area contributed by atoms with Crippen LogP contribution in [0, 0.1) is 11.8 Å². The van der Waals surface area contributed by atoms with E-state index in [9.17, 15) is 14.7 Å². The summed E-state index contributed by atoms with van der Waals surface area (Å²) in [6, 6.07) is 0. The number of fused-ring (bicyclic) bond motifs is 2. The zero-order valence-corrected chi connectivity index (χ0v) is 13.1. The van der Waals surface area contributed by atoms with Crippen molar-refractivity contribution in [2.75, 3.05) is 0 Å². The first kappa shape index (κ1) is 16.2. The molecule has 0 aromatic rings. The van der Waals surface area contributed by atoms with Gasteiger partial charge < -0.3 is 20.3 Å². The number of carbonyl (C=O) groups is 2. The average Bonchev–Trinajstić information content (AvgIpc) is 2.82. The summed E-state index contributed by atoms with van der Waals surface area (Å²) in [5, 5.41) is 9.33. The predicted octanol–water partition coefficient (Wildman–Crippen LogP) is 1.31. The maximum absolute atomic E-state index is 12.4. The van der Waals surface area contributed by atoms with Crippen LogP contribution in [0.15, 0.2) is 0 Å². The molecule has 0 amide bonds. The van der Waals surface area contributed by atoms with Crippen molar-refractivity contribution >= 4 is 11.9 Å². The number of ether oxygens (including phenoxy) is 2. The van der Waals surface area contributed by atoms with Gasteiger partial charge in [-0.05, 0) is 40.5 Å². The Bertz CT molecular complexity index is 440. The lowest BCUT2D eigenvalue weighted by molar-refractivity contribution is -0.169. The van der Waals surface area contributed by atoms with Crippen molar-refractivity contribution in [2.45, 2.75) is 70.3 Å². The van der Waals surface area contributed by atoms with Crippen LogP contribution in [0.3, 0.4) is 0 Å². The molecule has 0 aromatic carbocycles. The lowest BCUT2D eigenvalue weighted by Crippen LogP contribution is -2.46. The van der Waals surface area contributed by atoms with E-state index in [-0.39, 0.29) is 12.2 Å². The van der Waals surface area contributed by atoms with Gasteiger partial charge in [-0.3, -0.25) is 9.59 Å². The molecule has 0 aliphatic carbocycles. The molecule has 2 aliphatic rings. The normalized spacial score (nSPS) is 32.2. The van der Waals surface area contributed by atoms with Gasteiger partial charge in [-0.25, -0.2) is 0 Å². The van der Waals surface area contributed by atoms with E-state index in [1.165, 1.54) is 0 Å². The Morgan fingerprint density at radius 1 is 1.19 bits per heavy atom. The van der Waals surface area contributed by atoms with Crippen LogP contribution < -0.4 is 5.73 Å². The van der Waals surface area contributed by atoms with E-state index in [0.29, 0.717) is 12.8 Å². The van der Waals surface area contributed by atoms with Crippen LogP contribution in [-0.4, -0.2) is 40.4 Å². The van der Waals surface area contributed by atoms with Crippen molar-refractivity contribution in [3.63, 3.8) is 0 Å². The van der Waals surface area contributed by atoms with Gasteiger partial charge in [0.15, 0.2) is 0 Å². The Labute approximate surface area is 125 Å². The maximum atomic E-state index is 12.4. The second-order valence-electron chi connectivity index (χ2n) is 7.53. The Balaban J connectivity index is 2.07. The molecule has 4 unspecified atom stereocenters. The molecule has 0 radical (unpaired) electrons. The molecule has 2 rings (SSSR count). The molecule has 2 saturated heterocycles. The molecule has 6 nitrogen and oxygen atoms in total. The number of aliphatic carboxylic acids is 1. The topological polar surface area (TPSA) is 98.9 Å². The van der Waals surface area contributed by atoms with E-state index < -0.39 is 34.9 Å². The molecule has 6 heteroatoms. The van der Waals surface area contributed by atoms with E-state index in [4.69, 9.17) is 15.2 Å². The highest BCUT2D eigenvalue weighted by molar-refractivity contribution is 5.83. The van der Waals surface area contributed by atoms with Crippen molar-refractivity contribution in [2.24, 2.45) is 17.6 Å². The minimum absolute atomic E-state index is 0.328. The molecule has 0 spiro atoms. The highest BCUT2D eigenvalue weighted by Gasteiger charge is 2.57. The van der Waals surface area contributed by atoms with E-state index in [1.807, 2.05) is 13.8 Å². The summed E-state index contributed by atoms with van der Waals surface area (Å²) in [4.78, 5) is 23.8. The highest BCUT2D eigenvalue weighted by atomic mass is 16.6. The standard InChI is InChI=1S/C15H25NO5/c1-14(2,16)7-15(3,4)21-13(19)11-9-6-5-8(20-9)10(11)12(17)18/h8-11H,5-7,16H2,1-4H3,(H,17,18). The summed E-state index contributed by atoms with van der Waals surface area (Å²) in [6.45, 7) is 7.32. The van der Waals surface area contributed by atoms with Gasteiger partial charge in [0.1, 0.15) is 5.60 Å². The maximum Gasteiger partial charge on any atom is 0.313 e. The molecule has 2 heterocycles. The van der Waals surface area contributed by atoms with Crippen molar-refractivity contribution in [3.8, 4) is 0 Å². The fraction of sp³-hybridized carbons (Fsp3) is 0.867. The molecule has 2 bridgehead atoms. The largest absolute Gasteiger partial charge is 0.481 e. The minimum Gasteiger partial charge on any atom is -0.481 e. The van der Waals surface area contributed by atoms with Crippen molar-refractivity contribution in [3.05, 3.63) is 0 Å². The molecule has 21 heavy (non-hydrogen) atoms. The number of carboxylic acids is 1. The first-order chi connectivity index (χ1) is 9.50. The van der Waals surface area contributed by atoms with Crippen LogP contribution in [-0.2, 0) is 19.1 Å². The molecule has 0 aromatic heterocycles. The Kier molecular flexibility index (Phi) is 4.06. The summed E-state index contributed by atoms with van der Waals surface area (Å²) < 4.78 is 11.2. The van der Waals surface area contributed by atoms with Crippen molar-refractivity contribution in [1.82, 2.24) is 0 Å². The Hall–Kier alpha value is -1.14. The van der Waals surface area contributed by atoms with Crippen LogP contribution in [0.5, 0.6) is 0 Å². The van der Waals surface area contributed by atoms with E-state index >= 15 is 0 Å². The van der Waals surface area contributed by atoms with Crippen LogP contribution in [0.25, 0.3) is 0 Å². The van der Waals surface area contributed by atoms with Gasteiger partial charge in [0.25, 0.3) is 0 Å². The summed E-state index contributed by atoms with van der Waals surface area (Å²) in [6.07, 6.45) is 1.22. The van der Waals surface area contributed by atoms with E-state index in [2.05, 4.69) is 0 Å². The zero-order chi connectivity index (χ0) is 16.0. The number of nitrogens with two attached hydrogens (primary N) is 1. The molecular formula is C15H25NO5. The van der Waals surface area contributed by atoms with Crippen LogP contribution >= 0.6 is 0 Å². The number of rotatable bonds is 5. The third-order valence-corrected chi connectivity index (χ3v) is 4.09. The van der Waals surface area contributed by atoms with Gasteiger partial charge in [0.05, 0.1) is 24.0 Å². The third-order valence-electron chi connectivity index (χ3n) is 4.09. The summed E-state index contributed by atoms with van der Waals surface area (Å²) in [5.41, 5.74) is 4.77. The molecule has 2 fully saturated rings. The molecule has 0 saturated carbocycles. The van der Waals surface area contributed by atoms with Crippen LogP contribution in [0.1, 0.15) is 47.0 Å². The molecular weight excluding hydrogens is 274 g/mol. The number of carbonyl (C=O) groups excluding carboxylic acids is 1. The smallest absolute Gasteiger partial charge is 0.313 e. The molecule has 3 N–H and O–H groups in total.